The normalized spacial score (nSPS) is 14.3. The Bertz CT molecular complexity index is 1420. The molecular formula is C31H39N3O7S. The molecule has 2 aromatic rings. The largest absolute Gasteiger partial charge is 0.490 e. The van der Waals surface area contributed by atoms with Gasteiger partial charge in [0.05, 0.1) is 30.5 Å². The van der Waals surface area contributed by atoms with E-state index in [1.807, 2.05) is 33.8 Å². The van der Waals surface area contributed by atoms with E-state index in [1.165, 1.54) is 0 Å². The van der Waals surface area contributed by atoms with Gasteiger partial charge in [0.2, 0.25) is 10.0 Å². The van der Waals surface area contributed by atoms with Gasteiger partial charge in [-0.15, -0.1) is 0 Å². The number of benzene rings is 2. The van der Waals surface area contributed by atoms with Crippen LogP contribution in [0.3, 0.4) is 0 Å². The minimum atomic E-state index is -4.08. The number of nitriles is 1. The standard InChI is InChI=1S/C31H39N3O7S/c1-6-39-29(35)22-42(37,38)34(17-7-8-25-20-24(21-32)10-9-23(25)2)26-11-13-27(14-12-26)40-28-15-18-33(19-16-28)30(36)41-31(3,4)5/h7-14,20,28H,6,15-19,22H2,1-5H3. The molecule has 3 rings (SSSR count). The van der Waals surface area contributed by atoms with Crippen LogP contribution in [0.15, 0.2) is 48.5 Å². The van der Waals surface area contributed by atoms with E-state index < -0.39 is 27.3 Å². The summed E-state index contributed by atoms with van der Waals surface area (Å²) in [5, 5.41) is 9.21. The Balaban J connectivity index is 1.72. The second kappa shape index (κ2) is 14.2. The Hall–Kier alpha value is -4.04. The second-order valence-corrected chi connectivity index (χ2v) is 12.8. The van der Waals surface area contributed by atoms with Crippen LogP contribution in [0, 0.1) is 18.3 Å². The molecule has 10 nitrogen and oxygen atoms in total. The van der Waals surface area contributed by atoms with E-state index >= 15 is 0 Å². The van der Waals surface area contributed by atoms with Crippen molar-refractivity contribution in [3.63, 3.8) is 0 Å². The molecule has 0 aromatic heterocycles. The van der Waals surface area contributed by atoms with Crippen LogP contribution in [0.4, 0.5) is 10.5 Å². The van der Waals surface area contributed by atoms with Gasteiger partial charge in [0.25, 0.3) is 0 Å². The molecule has 1 saturated heterocycles. The first kappa shape index (κ1) is 32.5. The molecule has 0 saturated carbocycles. The van der Waals surface area contributed by atoms with Crippen LogP contribution >= 0.6 is 0 Å². The number of hydrogen-bond donors (Lipinski definition) is 0. The molecule has 1 aliphatic rings. The van der Waals surface area contributed by atoms with Crippen molar-refractivity contribution in [2.45, 2.75) is 59.2 Å². The fourth-order valence-electron chi connectivity index (χ4n) is 4.34. The molecular weight excluding hydrogens is 558 g/mol. The van der Waals surface area contributed by atoms with Crippen molar-refractivity contribution < 1.29 is 32.2 Å². The first-order valence-corrected chi connectivity index (χ1v) is 15.5. The minimum absolute atomic E-state index is 0.0404. The molecule has 2 aromatic carbocycles. The van der Waals surface area contributed by atoms with E-state index in [0.717, 1.165) is 15.4 Å². The quantitative estimate of drug-likeness (QED) is 0.348. The summed E-state index contributed by atoms with van der Waals surface area (Å²) in [7, 11) is -4.08. The van der Waals surface area contributed by atoms with E-state index in [9.17, 15) is 23.3 Å². The Labute approximate surface area is 248 Å². The number of carbonyl (C=O) groups excluding carboxylic acids is 2. The third-order valence-electron chi connectivity index (χ3n) is 6.44. The van der Waals surface area contributed by atoms with Gasteiger partial charge >= 0.3 is 12.1 Å². The molecule has 1 aliphatic heterocycles. The van der Waals surface area contributed by atoms with Crippen molar-refractivity contribution in [2.75, 3.05) is 36.3 Å². The van der Waals surface area contributed by atoms with Gasteiger partial charge in [0, 0.05) is 25.9 Å². The van der Waals surface area contributed by atoms with Crippen LogP contribution in [-0.2, 0) is 24.3 Å². The van der Waals surface area contributed by atoms with E-state index in [4.69, 9.17) is 14.2 Å². The highest BCUT2D eigenvalue weighted by atomic mass is 32.2. The van der Waals surface area contributed by atoms with E-state index in [-0.39, 0.29) is 25.3 Å². The van der Waals surface area contributed by atoms with E-state index in [2.05, 4.69) is 6.07 Å². The zero-order valence-corrected chi connectivity index (χ0v) is 25.6. The molecule has 0 bridgehead atoms. The number of sulfonamides is 1. The maximum atomic E-state index is 13.3. The average molecular weight is 598 g/mol. The summed E-state index contributed by atoms with van der Waals surface area (Å²) in [5.74, 6) is -1.06. The predicted octanol–water partition coefficient (Wildman–Crippen LogP) is 5.06. The number of hydrogen-bond acceptors (Lipinski definition) is 8. The Morgan fingerprint density at radius 3 is 2.38 bits per heavy atom. The molecule has 1 amide bonds. The smallest absolute Gasteiger partial charge is 0.410 e. The molecule has 0 spiro atoms. The predicted molar refractivity (Wildman–Crippen MR) is 161 cm³/mol. The van der Waals surface area contributed by atoms with Gasteiger partial charge in [-0.05, 0) is 82.1 Å². The Morgan fingerprint density at radius 2 is 1.79 bits per heavy atom. The molecule has 0 aliphatic carbocycles. The first-order valence-electron chi connectivity index (χ1n) is 13.9. The highest BCUT2D eigenvalue weighted by Gasteiger charge is 2.28. The minimum Gasteiger partial charge on any atom is -0.490 e. The number of anilines is 1. The second-order valence-electron chi connectivity index (χ2n) is 11.0. The number of carbonyl (C=O) groups is 2. The molecule has 11 heteroatoms. The lowest BCUT2D eigenvalue weighted by atomic mass is 10.1. The highest BCUT2D eigenvalue weighted by molar-refractivity contribution is 7.93. The average Bonchev–Trinajstić information content (AvgIpc) is 2.92. The number of esters is 1. The molecule has 0 unspecified atom stereocenters. The molecule has 1 fully saturated rings. The van der Waals surface area contributed by atoms with Crippen LogP contribution in [0.1, 0.15) is 57.2 Å². The monoisotopic (exact) mass is 597 g/mol. The fraction of sp³-hybridized carbons (Fsp3) is 0.452. The van der Waals surface area contributed by atoms with Gasteiger partial charge in [-0.3, -0.25) is 9.10 Å². The topological polar surface area (TPSA) is 126 Å². The number of likely N-dealkylation sites (tertiary alicyclic amines) is 1. The zero-order valence-electron chi connectivity index (χ0n) is 24.8. The summed E-state index contributed by atoms with van der Waals surface area (Å²) in [6, 6.07) is 14.0. The molecule has 1 heterocycles. The van der Waals surface area contributed by atoms with Crippen LogP contribution in [0.2, 0.25) is 0 Å². The van der Waals surface area contributed by atoms with Crippen LogP contribution in [0.5, 0.6) is 5.75 Å². The van der Waals surface area contributed by atoms with Gasteiger partial charge in [-0.1, -0.05) is 18.2 Å². The highest BCUT2D eigenvalue weighted by Crippen LogP contribution is 2.26. The summed E-state index contributed by atoms with van der Waals surface area (Å²) in [6.07, 6.45) is 4.26. The van der Waals surface area contributed by atoms with Gasteiger partial charge in [0.1, 0.15) is 17.5 Å². The van der Waals surface area contributed by atoms with Gasteiger partial charge in [-0.2, -0.15) is 5.26 Å². The number of aryl methyl sites for hydroxylation is 1. The first-order chi connectivity index (χ1) is 19.8. The van der Waals surface area contributed by atoms with Crippen molar-refractivity contribution in [1.29, 1.82) is 5.26 Å². The number of piperidine rings is 1. The van der Waals surface area contributed by atoms with Crippen molar-refractivity contribution in [3.05, 3.63) is 65.2 Å². The summed E-state index contributed by atoms with van der Waals surface area (Å²) in [4.78, 5) is 26.1. The lowest BCUT2D eigenvalue weighted by molar-refractivity contribution is -0.139. The zero-order chi connectivity index (χ0) is 30.9. The Morgan fingerprint density at radius 1 is 1.12 bits per heavy atom. The van der Waals surface area contributed by atoms with Gasteiger partial charge < -0.3 is 19.1 Å². The molecule has 0 radical (unpaired) electrons. The maximum absolute atomic E-state index is 13.3. The molecule has 0 atom stereocenters. The third-order valence-corrected chi connectivity index (χ3v) is 8.07. The number of ether oxygens (including phenoxy) is 3. The molecule has 0 N–H and O–H groups in total. The van der Waals surface area contributed by atoms with Crippen molar-refractivity contribution in [3.8, 4) is 11.8 Å². The van der Waals surface area contributed by atoms with Crippen LogP contribution in [-0.4, -0.2) is 69.1 Å². The lowest BCUT2D eigenvalue weighted by Crippen LogP contribution is -2.44. The SMILES string of the molecule is CCOC(=O)CS(=O)(=O)N(CC=Cc1cc(C#N)ccc1C)c1ccc(OC2CCN(C(=O)OC(C)(C)C)CC2)cc1. The summed E-state index contributed by atoms with van der Waals surface area (Å²) in [6.45, 7) is 10.1. The van der Waals surface area contributed by atoms with E-state index in [1.54, 1.807) is 60.4 Å². The van der Waals surface area contributed by atoms with Crippen LogP contribution in [0.25, 0.3) is 6.08 Å². The van der Waals surface area contributed by atoms with E-state index in [0.29, 0.717) is 42.9 Å². The van der Waals surface area contributed by atoms with Gasteiger partial charge in [-0.25, -0.2) is 13.2 Å². The fourth-order valence-corrected chi connectivity index (χ4v) is 5.63. The van der Waals surface area contributed by atoms with Crippen molar-refractivity contribution in [1.82, 2.24) is 4.90 Å². The summed E-state index contributed by atoms with van der Waals surface area (Å²) < 4.78 is 44.1. The number of nitrogens with zero attached hydrogens (tertiary/aromatic N) is 3. The number of rotatable bonds is 10. The summed E-state index contributed by atoms with van der Waals surface area (Å²) >= 11 is 0. The third kappa shape index (κ3) is 9.52. The lowest BCUT2D eigenvalue weighted by Gasteiger charge is -2.33. The molecule has 42 heavy (non-hydrogen) atoms. The van der Waals surface area contributed by atoms with Crippen LogP contribution < -0.4 is 9.04 Å². The number of amides is 1. The molecule has 226 valence electrons. The van der Waals surface area contributed by atoms with Gasteiger partial charge in [0.15, 0.2) is 5.75 Å². The van der Waals surface area contributed by atoms with Crippen molar-refractivity contribution in [2.24, 2.45) is 0 Å². The summed E-state index contributed by atoms with van der Waals surface area (Å²) in [5.41, 5.74) is 2.03. The maximum Gasteiger partial charge on any atom is 0.410 e. The van der Waals surface area contributed by atoms with Crippen molar-refractivity contribution >= 4 is 33.8 Å². The Kier molecular flexibility index (Phi) is 11.0.